The Balaban J connectivity index is 2.47. The second-order valence-corrected chi connectivity index (χ2v) is 7.77. The third-order valence-electron chi connectivity index (χ3n) is 3.82. The average molecular weight is 328 g/mol. The van der Waals surface area contributed by atoms with Gasteiger partial charge < -0.3 is 4.74 Å². The highest BCUT2D eigenvalue weighted by Gasteiger charge is 2.36. The van der Waals surface area contributed by atoms with E-state index in [-0.39, 0.29) is 22.5 Å². The summed E-state index contributed by atoms with van der Waals surface area (Å²) >= 11 is 0. The van der Waals surface area contributed by atoms with Crippen molar-refractivity contribution in [1.29, 1.82) is 0 Å². The first-order valence-corrected chi connectivity index (χ1v) is 8.52. The van der Waals surface area contributed by atoms with Gasteiger partial charge in [0.05, 0.1) is 18.1 Å². The maximum absolute atomic E-state index is 12.8. The largest absolute Gasteiger partial charge is 0.497 e. The fourth-order valence-corrected chi connectivity index (χ4v) is 4.74. The topological polar surface area (TPSA) is 89.8 Å². The Morgan fingerprint density at radius 2 is 1.86 bits per heavy atom. The molecule has 1 aliphatic heterocycles. The molecule has 0 radical (unpaired) electrons. The first-order valence-electron chi connectivity index (χ1n) is 7.08. The minimum atomic E-state index is -3.89. The normalized spacial score (nSPS) is 23.2. The lowest BCUT2D eigenvalue weighted by Gasteiger charge is -2.33. The Morgan fingerprint density at radius 1 is 1.27 bits per heavy atom. The summed E-state index contributed by atoms with van der Waals surface area (Å²) in [5.74, 6) is 0.720. The highest BCUT2D eigenvalue weighted by molar-refractivity contribution is 7.89. The molecule has 7 nitrogen and oxygen atoms in total. The Labute approximate surface area is 130 Å². The smallest absolute Gasteiger partial charge is 0.293 e. The Morgan fingerprint density at radius 3 is 2.36 bits per heavy atom. The molecule has 8 heteroatoms. The molecular formula is C14H20N2O5S. The van der Waals surface area contributed by atoms with Crippen molar-refractivity contribution in [2.75, 3.05) is 20.2 Å². The summed E-state index contributed by atoms with van der Waals surface area (Å²) in [4.78, 5) is 10.2. The van der Waals surface area contributed by atoms with Gasteiger partial charge in [0, 0.05) is 13.1 Å². The van der Waals surface area contributed by atoms with Gasteiger partial charge in [0.2, 0.25) is 10.0 Å². The molecule has 0 bridgehead atoms. The number of nitro groups is 1. The van der Waals surface area contributed by atoms with E-state index in [9.17, 15) is 18.5 Å². The minimum absolute atomic E-state index is 0.232. The second-order valence-electron chi connectivity index (χ2n) is 5.86. The van der Waals surface area contributed by atoms with Gasteiger partial charge in [-0.3, -0.25) is 10.1 Å². The summed E-state index contributed by atoms with van der Waals surface area (Å²) in [6.45, 7) is 4.74. The number of hydrogen-bond donors (Lipinski definition) is 0. The molecule has 1 aromatic rings. The number of sulfonamides is 1. The number of rotatable bonds is 4. The molecular weight excluding hydrogens is 308 g/mol. The number of ether oxygens (including phenoxy) is 1. The van der Waals surface area contributed by atoms with Crippen LogP contribution in [0.3, 0.4) is 0 Å². The van der Waals surface area contributed by atoms with Gasteiger partial charge in [-0.25, -0.2) is 8.42 Å². The van der Waals surface area contributed by atoms with E-state index < -0.39 is 20.6 Å². The van der Waals surface area contributed by atoms with Crippen LogP contribution in [-0.4, -0.2) is 37.8 Å². The molecule has 122 valence electrons. The lowest BCUT2D eigenvalue weighted by Crippen LogP contribution is -2.42. The number of nitro benzene ring substituents is 1. The molecule has 0 saturated carbocycles. The standard InChI is InChI=1S/C14H20N2O5S/c1-10-6-11(2)9-15(8-10)22(19,20)14-5-4-12(21-3)7-13(14)16(17)18/h4-5,7,10-11H,6,8-9H2,1-3H3. The molecule has 2 atom stereocenters. The molecule has 1 saturated heterocycles. The maximum atomic E-state index is 12.8. The fourth-order valence-electron chi connectivity index (χ4n) is 2.93. The van der Waals surface area contributed by atoms with Crippen LogP contribution in [-0.2, 0) is 10.0 Å². The van der Waals surface area contributed by atoms with Gasteiger partial charge in [0.1, 0.15) is 5.75 Å². The zero-order chi connectivity index (χ0) is 16.5. The van der Waals surface area contributed by atoms with Gasteiger partial charge in [-0.1, -0.05) is 13.8 Å². The molecule has 0 aromatic heterocycles. The van der Waals surface area contributed by atoms with Gasteiger partial charge >= 0.3 is 0 Å². The van der Waals surface area contributed by atoms with Crippen LogP contribution in [0.4, 0.5) is 5.69 Å². The van der Waals surface area contributed by atoms with Crippen molar-refractivity contribution < 1.29 is 18.1 Å². The summed E-state index contributed by atoms with van der Waals surface area (Å²) in [6.07, 6.45) is 0.955. The van der Waals surface area contributed by atoms with Gasteiger partial charge in [0.15, 0.2) is 4.90 Å². The quantitative estimate of drug-likeness (QED) is 0.625. The lowest BCUT2D eigenvalue weighted by molar-refractivity contribution is -0.387. The van der Waals surface area contributed by atoms with E-state index in [0.29, 0.717) is 13.1 Å². The first kappa shape index (κ1) is 16.7. The van der Waals surface area contributed by atoms with Crippen LogP contribution >= 0.6 is 0 Å². The van der Waals surface area contributed by atoms with Crippen molar-refractivity contribution in [1.82, 2.24) is 4.31 Å². The Kier molecular flexibility index (Phi) is 4.72. The lowest BCUT2D eigenvalue weighted by atomic mass is 9.94. The summed E-state index contributed by atoms with van der Waals surface area (Å²) in [6, 6.07) is 3.82. The van der Waals surface area contributed by atoms with Crippen molar-refractivity contribution in [2.24, 2.45) is 11.8 Å². The molecule has 22 heavy (non-hydrogen) atoms. The van der Waals surface area contributed by atoms with Crippen LogP contribution < -0.4 is 4.74 Å². The van der Waals surface area contributed by atoms with Crippen molar-refractivity contribution in [3.63, 3.8) is 0 Å². The van der Waals surface area contributed by atoms with Crippen LogP contribution in [0.2, 0.25) is 0 Å². The summed E-state index contributed by atoms with van der Waals surface area (Å²) in [5.41, 5.74) is -0.453. The van der Waals surface area contributed by atoms with E-state index in [0.717, 1.165) is 12.5 Å². The number of methoxy groups -OCH3 is 1. The molecule has 2 rings (SSSR count). The fraction of sp³-hybridized carbons (Fsp3) is 0.571. The van der Waals surface area contributed by atoms with Gasteiger partial charge in [0.25, 0.3) is 5.69 Å². The molecule has 1 heterocycles. The molecule has 1 aliphatic rings. The minimum Gasteiger partial charge on any atom is -0.497 e. The third-order valence-corrected chi connectivity index (χ3v) is 5.69. The third kappa shape index (κ3) is 3.22. The molecule has 0 amide bonds. The zero-order valence-electron chi connectivity index (χ0n) is 12.9. The molecule has 1 aromatic carbocycles. The number of piperidine rings is 1. The van der Waals surface area contributed by atoms with Crippen LogP contribution in [0.15, 0.2) is 23.1 Å². The van der Waals surface area contributed by atoms with Crippen molar-refractivity contribution >= 4 is 15.7 Å². The first-order chi connectivity index (χ1) is 10.3. The molecule has 0 spiro atoms. The second kappa shape index (κ2) is 6.21. The predicted molar refractivity (Wildman–Crippen MR) is 81.4 cm³/mol. The SMILES string of the molecule is COc1ccc(S(=O)(=O)N2CC(C)CC(C)C2)c([N+](=O)[O-])c1. The zero-order valence-corrected chi connectivity index (χ0v) is 13.7. The van der Waals surface area contributed by atoms with Crippen LogP contribution in [0, 0.1) is 22.0 Å². The van der Waals surface area contributed by atoms with E-state index in [4.69, 9.17) is 4.74 Å². The van der Waals surface area contributed by atoms with Crippen LogP contribution in [0.25, 0.3) is 0 Å². The van der Waals surface area contributed by atoms with Crippen molar-refractivity contribution in [3.05, 3.63) is 28.3 Å². The Bertz CT molecular complexity index is 664. The van der Waals surface area contributed by atoms with Crippen LogP contribution in [0.5, 0.6) is 5.75 Å². The molecule has 0 aliphatic carbocycles. The monoisotopic (exact) mass is 328 g/mol. The van der Waals surface area contributed by atoms with Crippen molar-refractivity contribution in [3.8, 4) is 5.75 Å². The predicted octanol–water partition coefficient (Wildman–Crippen LogP) is 2.27. The van der Waals surface area contributed by atoms with Gasteiger partial charge in [-0.15, -0.1) is 0 Å². The van der Waals surface area contributed by atoms with Gasteiger partial charge in [-0.2, -0.15) is 4.31 Å². The summed E-state index contributed by atoms with van der Waals surface area (Å²) < 4.78 is 31.9. The summed E-state index contributed by atoms with van der Waals surface area (Å²) in [7, 11) is -2.52. The van der Waals surface area contributed by atoms with Gasteiger partial charge in [-0.05, 0) is 30.4 Å². The van der Waals surface area contributed by atoms with E-state index in [1.165, 1.54) is 23.5 Å². The van der Waals surface area contributed by atoms with E-state index in [2.05, 4.69) is 0 Å². The molecule has 0 N–H and O–H groups in total. The maximum Gasteiger partial charge on any atom is 0.293 e. The van der Waals surface area contributed by atoms with E-state index in [1.54, 1.807) is 0 Å². The van der Waals surface area contributed by atoms with E-state index in [1.807, 2.05) is 13.8 Å². The molecule has 2 unspecified atom stereocenters. The number of benzene rings is 1. The molecule has 1 fully saturated rings. The van der Waals surface area contributed by atoms with Crippen LogP contribution in [0.1, 0.15) is 20.3 Å². The van der Waals surface area contributed by atoms with Crippen molar-refractivity contribution in [2.45, 2.75) is 25.2 Å². The number of nitrogens with zero attached hydrogens (tertiary/aromatic N) is 2. The number of hydrogen-bond acceptors (Lipinski definition) is 5. The summed E-state index contributed by atoms with van der Waals surface area (Å²) in [5, 5.41) is 11.2. The highest BCUT2D eigenvalue weighted by atomic mass is 32.2. The average Bonchev–Trinajstić information content (AvgIpc) is 2.45. The highest BCUT2D eigenvalue weighted by Crippen LogP contribution is 2.33. The van der Waals surface area contributed by atoms with E-state index >= 15 is 0 Å². The Hall–Kier alpha value is -1.67.